The average molecular weight is 351 g/mol. The molecule has 0 aromatic heterocycles. The van der Waals surface area contributed by atoms with Gasteiger partial charge in [-0.15, -0.1) is 0 Å². The second-order valence-corrected chi connectivity index (χ2v) is 6.63. The number of rotatable bonds is 4. The van der Waals surface area contributed by atoms with Crippen LogP contribution in [0.5, 0.6) is 0 Å². The van der Waals surface area contributed by atoms with E-state index in [2.05, 4.69) is 17.1 Å². The molecular formula is C21H25N3O2. The summed E-state index contributed by atoms with van der Waals surface area (Å²) in [5, 5.41) is 2.88. The number of hydrogen-bond acceptors (Lipinski definition) is 3. The Kier molecular flexibility index (Phi) is 5.68. The van der Waals surface area contributed by atoms with Crippen LogP contribution in [0, 0.1) is 6.92 Å². The molecule has 0 saturated carbocycles. The summed E-state index contributed by atoms with van der Waals surface area (Å²) in [6.45, 7) is 8.48. The summed E-state index contributed by atoms with van der Waals surface area (Å²) in [5.74, 6) is -0.141. The lowest BCUT2D eigenvalue weighted by atomic mass is 10.1. The number of carbonyl (C=O) groups excluding carboxylic acids is 2. The Morgan fingerprint density at radius 1 is 0.962 bits per heavy atom. The van der Waals surface area contributed by atoms with Gasteiger partial charge >= 0.3 is 0 Å². The fourth-order valence-corrected chi connectivity index (χ4v) is 3.14. The zero-order chi connectivity index (χ0) is 18.5. The van der Waals surface area contributed by atoms with E-state index in [4.69, 9.17) is 0 Å². The Balaban J connectivity index is 1.62. The van der Waals surface area contributed by atoms with E-state index in [1.807, 2.05) is 36.1 Å². The predicted octanol–water partition coefficient (Wildman–Crippen LogP) is 3.03. The summed E-state index contributed by atoms with van der Waals surface area (Å²) < 4.78 is 0. The Morgan fingerprint density at radius 3 is 2.23 bits per heavy atom. The van der Waals surface area contributed by atoms with E-state index in [0.29, 0.717) is 11.1 Å². The largest absolute Gasteiger partial charge is 0.336 e. The van der Waals surface area contributed by atoms with E-state index in [-0.39, 0.29) is 11.8 Å². The van der Waals surface area contributed by atoms with Gasteiger partial charge in [-0.1, -0.05) is 19.1 Å². The van der Waals surface area contributed by atoms with Crippen LogP contribution in [0.15, 0.2) is 48.5 Å². The minimum absolute atomic E-state index is 0.0337. The second kappa shape index (κ2) is 8.15. The third-order valence-electron chi connectivity index (χ3n) is 4.78. The van der Waals surface area contributed by atoms with Crippen LogP contribution < -0.4 is 5.32 Å². The Bertz CT molecular complexity index is 778. The van der Waals surface area contributed by atoms with Gasteiger partial charge in [-0.05, 0) is 55.4 Å². The van der Waals surface area contributed by atoms with Crippen molar-refractivity contribution in [2.24, 2.45) is 0 Å². The zero-order valence-corrected chi connectivity index (χ0v) is 15.4. The van der Waals surface area contributed by atoms with Gasteiger partial charge in [0.15, 0.2) is 0 Å². The van der Waals surface area contributed by atoms with Crippen molar-refractivity contribution in [3.63, 3.8) is 0 Å². The number of amides is 2. The predicted molar refractivity (Wildman–Crippen MR) is 104 cm³/mol. The highest BCUT2D eigenvalue weighted by molar-refractivity contribution is 6.05. The van der Waals surface area contributed by atoms with Crippen molar-refractivity contribution in [2.75, 3.05) is 38.0 Å². The molecule has 26 heavy (non-hydrogen) atoms. The fraction of sp³-hybridized carbons (Fsp3) is 0.333. The average Bonchev–Trinajstić information content (AvgIpc) is 2.67. The SMILES string of the molecule is CCN1CCN(C(=O)c2ccc(C(=O)Nc3cccc(C)c3)cc2)CC1. The van der Waals surface area contributed by atoms with E-state index in [0.717, 1.165) is 44.0 Å². The smallest absolute Gasteiger partial charge is 0.255 e. The Labute approximate surface area is 154 Å². The molecule has 2 amide bonds. The van der Waals surface area contributed by atoms with E-state index in [9.17, 15) is 9.59 Å². The van der Waals surface area contributed by atoms with Crippen molar-refractivity contribution < 1.29 is 9.59 Å². The third kappa shape index (κ3) is 4.29. The Morgan fingerprint density at radius 2 is 1.62 bits per heavy atom. The molecule has 3 rings (SSSR count). The second-order valence-electron chi connectivity index (χ2n) is 6.63. The van der Waals surface area contributed by atoms with Crippen LogP contribution in [0.2, 0.25) is 0 Å². The fourth-order valence-electron chi connectivity index (χ4n) is 3.14. The molecule has 1 N–H and O–H groups in total. The van der Waals surface area contributed by atoms with Crippen molar-refractivity contribution in [3.8, 4) is 0 Å². The molecule has 0 bridgehead atoms. The van der Waals surface area contributed by atoms with Crippen LogP contribution in [-0.4, -0.2) is 54.3 Å². The number of anilines is 1. The van der Waals surface area contributed by atoms with Crippen molar-refractivity contribution in [1.82, 2.24) is 9.80 Å². The summed E-state index contributed by atoms with van der Waals surface area (Å²) in [7, 11) is 0. The number of carbonyl (C=O) groups is 2. The van der Waals surface area contributed by atoms with Crippen molar-refractivity contribution in [2.45, 2.75) is 13.8 Å². The summed E-state index contributed by atoms with van der Waals surface area (Å²) in [4.78, 5) is 29.2. The van der Waals surface area contributed by atoms with Gasteiger partial charge in [-0.3, -0.25) is 9.59 Å². The minimum Gasteiger partial charge on any atom is -0.336 e. The maximum Gasteiger partial charge on any atom is 0.255 e. The first kappa shape index (κ1) is 18.1. The molecular weight excluding hydrogens is 326 g/mol. The highest BCUT2D eigenvalue weighted by atomic mass is 16.2. The van der Waals surface area contributed by atoms with E-state index < -0.39 is 0 Å². The van der Waals surface area contributed by atoms with Crippen LogP contribution in [0.4, 0.5) is 5.69 Å². The van der Waals surface area contributed by atoms with E-state index in [1.54, 1.807) is 24.3 Å². The molecule has 136 valence electrons. The summed E-state index contributed by atoms with van der Waals surface area (Å²) in [6, 6.07) is 14.6. The number of nitrogens with zero attached hydrogens (tertiary/aromatic N) is 2. The van der Waals surface area contributed by atoms with Crippen molar-refractivity contribution in [1.29, 1.82) is 0 Å². The number of benzene rings is 2. The molecule has 0 spiro atoms. The van der Waals surface area contributed by atoms with Gasteiger partial charge in [0.1, 0.15) is 0 Å². The highest BCUT2D eigenvalue weighted by Gasteiger charge is 2.21. The van der Waals surface area contributed by atoms with Gasteiger partial charge in [0.05, 0.1) is 0 Å². The highest BCUT2D eigenvalue weighted by Crippen LogP contribution is 2.14. The molecule has 1 saturated heterocycles. The number of piperazine rings is 1. The Hall–Kier alpha value is -2.66. The molecule has 5 heteroatoms. The first-order valence-corrected chi connectivity index (χ1v) is 9.06. The maximum absolute atomic E-state index is 12.6. The van der Waals surface area contributed by atoms with Crippen molar-refractivity contribution in [3.05, 3.63) is 65.2 Å². The van der Waals surface area contributed by atoms with Crippen molar-refractivity contribution >= 4 is 17.5 Å². The van der Waals surface area contributed by atoms with Crippen LogP contribution in [-0.2, 0) is 0 Å². The maximum atomic E-state index is 12.6. The molecule has 0 radical (unpaired) electrons. The van der Waals surface area contributed by atoms with Crippen LogP contribution >= 0.6 is 0 Å². The number of aryl methyl sites for hydroxylation is 1. The first-order valence-electron chi connectivity index (χ1n) is 9.06. The quantitative estimate of drug-likeness (QED) is 0.921. The van der Waals surface area contributed by atoms with Gasteiger partial charge in [0, 0.05) is 43.0 Å². The van der Waals surface area contributed by atoms with E-state index >= 15 is 0 Å². The molecule has 5 nitrogen and oxygen atoms in total. The molecule has 2 aromatic rings. The molecule has 0 unspecified atom stereocenters. The molecule has 1 aliphatic rings. The standard InChI is InChI=1S/C21H25N3O2/c1-3-23-11-13-24(14-12-23)21(26)18-9-7-17(8-10-18)20(25)22-19-6-4-5-16(2)15-19/h4-10,15H,3,11-14H2,1-2H3,(H,22,25). The zero-order valence-electron chi connectivity index (χ0n) is 15.4. The van der Waals surface area contributed by atoms with Crippen LogP contribution in [0.3, 0.4) is 0 Å². The van der Waals surface area contributed by atoms with Gasteiger partial charge in [0.25, 0.3) is 11.8 Å². The molecule has 0 aliphatic carbocycles. The van der Waals surface area contributed by atoms with Crippen LogP contribution in [0.25, 0.3) is 0 Å². The molecule has 1 aliphatic heterocycles. The molecule has 0 atom stereocenters. The minimum atomic E-state index is -0.175. The molecule has 1 heterocycles. The van der Waals surface area contributed by atoms with Gasteiger partial charge < -0.3 is 15.1 Å². The number of hydrogen-bond donors (Lipinski definition) is 1. The third-order valence-corrected chi connectivity index (χ3v) is 4.78. The lowest BCUT2D eigenvalue weighted by molar-refractivity contribution is 0.0643. The molecule has 1 fully saturated rings. The number of likely N-dealkylation sites (N-methyl/N-ethyl adjacent to an activating group) is 1. The van der Waals surface area contributed by atoms with E-state index in [1.165, 1.54) is 0 Å². The first-order chi connectivity index (χ1) is 12.6. The lowest BCUT2D eigenvalue weighted by Crippen LogP contribution is -2.48. The topological polar surface area (TPSA) is 52.7 Å². The summed E-state index contributed by atoms with van der Waals surface area (Å²) in [5.41, 5.74) is 3.02. The van der Waals surface area contributed by atoms with Crippen LogP contribution in [0.1, 0.15) is 33.2 Å². The lowest BCUT2D eigenvalue weighted by Gasteiger charge is -2.34. The summed E-state index contributed by atoms with van der Waals surface area (Å²) in [6.07, 6.45) is 0. The van der Waals surface area contributed by atoms with Gasteiger partial charge in [-0.25, -0.2) is 0 Å². The number of nitrogens with one attached hydrogen (secondary N) is 1. The summed E-state index contributed by atoms with van der Waals surface area (Å²) >= 11 is 0. The van der Waals surface area contributed by atoms with Gasteiger partial charge in [0.2, 0.25) is 0 Å². The monoisotopic (exact) mass is 351 g/mol. The molecule has 2 aromatic carbocycles. The normalized spacial score (nSPS) is 14.9. The van der Waals surface area contributed by atoms with Gasteiger partial charge in [-0.2, -0.15) is 0 Å².